The maximum absolute atomic E-state index is 5.42. The normalized spacial score (nSPS) is 12.3. The van der Waals surface area contributed by atoms with Crippen LogP contribution in [-0.2, 0) is 0 Å². The fraction of sp³-hybridized carbons (Fsp3) is 0.667. The Hall–Kier alpha value is -0.840. The Morgan fingerprint density at radius 1 is 1.47 bits per heavy atom. The van der Waals surface area contributed by atoms with Crippen molar-refractivity contribution in [3.8, 4) is 5.88 Å². The number of hydrogen-bond acceptors (Lipinski definition) is 4. The smallest absolute Gasteiger partial charge is 0.228 e. The maximum Gasteiger partial charge on any atom is 0.228 e. The third kappa shape index (κ3) is 4.89. The summed E-state index contributed by atoms with van der Waals surface area (Å²) >= 11 is 3.54. The molecule has 4 nitrogen and oxygen atoms in total. The molecule has 0 amide bonds. The van der Waals surface area contributed by atoms with Gasteiger partial charge in [-0.3, -0.25) is 0 Å². The molecule has 0 fully saturated rings. The maximum atomic E-state index is 5.42. The number of aryl methyl sites for hydroxylation is 1. The second-order valence-electron chi connectivity index (χ2n) is 4.07. The van der Waals surface area contributed by atoms with Gasteiger partial charge in [0.1, 0.15) is 0 Å². The Bertz CT molecular complexity index is 358. The van der Waals surface area contributed by atoms with Crippen molar-refractivity contribution < 1.29 is 4.74 Å². The van der Waals surface area contributed by atoms with Gasteiger partial charge in [-0.1, -0.05) is 22.9 Å². The van der Waals surface area contributed by atoms with E-state index in [0.29, 0.717) is 17.3 Å². The molecule has 0 spiro atoms. The molecule has 1 rings (SSSR count). The highest BCUT2D eigenvalue weighted by molar-refractivity contribution is 9.09. The number of hydrogen-bond donors (Lipinski definition) is 0. The van der Waals surface area contributed by atoms with Crippen LogP contribution in [0.2, 0.25) is 0 Å². The molecule has 1 aromatic heterocycles. The minimum atomic E-state index is 0.501. The Balaban J connectivity index is 2.74. The fourth-order valence-electron chi connectivity index (χ4n) is 1.39. The van der Waals surface area contributed by atoms with Gasteiger partial charge in [0.2, 0.25) is 11.8 Å². The Labute approximate surface area is 112 Å². The van der Waals surface area contributed by atoms with Crippen LogP contribution in [0.3, 0.4) is 0 Å². The van der Waals surface area contributed by atoms with Crippen molar-refractivity contribution in [1.82, 2.24) is 9.97 Å². The average molecular weight is 302 g/mol. The first kappa shape index (κ1) is 14.2. The molecule has 0 saturated carbocycles. The van der Waals surface area contributed by atoms with Crippen LogP contribution < -0.4 is 9.64 Å². The van der Waals surface area contributed by atoms with E-state index >= 15 is 0 Å². The van der Waals surface area contributed by atoms with Gasteiger partial charge in [0.15, 0.2) is 0 Å². The largest absolute Gasteiger partial charge is 0.478 e. The number of nitrogens with zero attached hydrogens (tertiary/aromatic N) is 3. The molecule has 1 aromatic rings. The SMILES string of the molecule is CCOc1cc(C)nc(N(C)CCC(C)Br)n1. The van der Waals surface area contributed by atoms with Gasteiger partial charge in [0.25, 0.3) is 0 Å². The summed E-state index contributed by atoms with van der Waals surface area (Å²) in [6.45, 7) is 7.58. The molecule has 0 N–H and O–H groups in total. The number of alkyl halides is 1. The lowest BCUT2D eigenvalue weighted by Gasteiger charge is -2.18. The molecule has 0 aromatic carbocycles. The molecule has 96 valence electrons. The number of halogens is 1. The van der Waals surface area contributed by atoms with Gasteiger partial charge in [-0.2, -0.15) is 4.98 Å². The van der Waals surface area contributed by atoms with Gasteiger partial charge >= 0.3 is 0 Å². The van der Waals surface area contributed by atoms with Crippen LogP contribution in [0.1, 0.15) is 26.0 Å². The lowest BCUT2D eigenvalue weighted by molar-refractivity contribution is 0.326. The highest BCUT2D eigenvalue weighted by atomic mass is 79.9. The first-order chi connectivity index (χ1) is 8.02. The minimum absolute atomic E-state index is 0.501. The van der Waals surface area contributed by atoms with Gasteiger partial charge in [-0.25, -0.2) is 4.98 Å². The van der Waals surface area contributed by atoms with E-state index in [1.165, 1.54) is 0 Å². The third-order valence-corrected chi connectivity index (χ3v) is 2.77. The van der Waals surface area contributed by atoms with Crippen LogP contribution in [0.25, 0.3) is 0 Å². The summed E-state index contributed by atoms with van der Waals surface area (Å²) in [5.74, 6) is 1.37. The molecule has 1 unspecified atom stereocenters. The van der Waals surface area contributed by atoms with Crippen molar-refractivity contribution in [3.63, 3.8) is 0 Å². The molecule has 0 saturated heterocycles. The minimum Gasteiger partial charge on any atom is -0.478 e. The zero-order chi connectivity index (χ0) is 12.8. The van der Waals surface area contributed by atoms with Crippen molar-refractivity contribution in [2.75, 3.05) is 25.1 Å². The first-order valence-electron chi connectivity index (χ1n) is 5.86. The molecule has 1 atom stereocenters. The summed E-state index contributed by atoms with van der Waals surface area (Å²) < 4.78 is 5.42. The second-order valence-corrected chi connectivity index (χ2v) is 5.63. The van der Waals surface area contributed by atoms with Crippen molar-refractivity contribution in [2.45, 2.75) is 32.0 Å². The van der Waals surface area contributed by atoms with E-state index in [4.69, 9.17) is 4.74 Å². The number of ether oxygens (including phenoxy) is 1. The lowest BCUT2D eigenvalue weighted by Crippen LogP contribution is -2.23. The summed E-state index contributed by atoms with van der Waals surface area (Å²) in [5.41, 5.74) is 0.928. The van der Waals surface area contributed by atoms with Gasteiger partial charge in [0, 0.05) is 30.2 Å². The molecule has 0 aliphatic heterocycles. The fourth-order valence-corrected chi connectivity index (χ4v) is 1.59. The molecule has 0 aliphatic carbocycles. The summed E-state index contributed by atoms with van der Waals surface area (Å²) in [7, 11) is 2.00. The van der Waals surface area contributed by atoms with E-state index in [0.717, 1.165) is 24.6 Å². The van der Waals surface area contributed by atoms with Gasteiger partial charge < -0.3 is 9.64 Å². The van der Waals surface area contributed by atoms with Crippen LogP contribution in [-0.4, -0.2) is 35.0 Å². The molecule has 5 heteroatoms. The van der Waals surface area contributed by atoms with E-state index in [1.807, 2.05) is 31.9 Å². The molecule has 0 bridgehead atoms. The van der Waals surface area contributed by atoms with E-state index < -0.39 is 0 Å². The van der Waals surface area contributed by atoms with Gasteiger partial charge in [-0.15, -0.1) is 0 Å². The van der Waals surface area contributed by atoms with E-state index in [1.54, 1.807) is 0 Å². The predicted molar refractivity (Wildman–Crippen MR) is 74.2 cm³/mol. The number of aromatic nitrogens is 2. The molecule has 0 aliphatic rings. The van der Waals surface area contributed by atoms with Crippen LogP contribution in [0.4, 0.5) is 5.95 Å². The molecular formula is C12H20BrN3O. The lowest BCUT2D eigenvalue weighted by atomic mass is 10.3. The van der Waals surface area contributed by atoms with Crippen LogP contribution in [0, 0.1) is 6.92 Å². The zero-order valence-electron chi connectivity index (χ0n) is 10.9. The van der Waals surface area contributed by atoms with Gasteiger partial charge in [0.05, 0.1) is 6.61 Å². The predicted octanol–water partition coefficient (Wildman–Crippen LogP) is 2.79. The quantitative estimate of drug-likeness (QED) is 0.757. The topological polar surface area (TPSA) is 38.2 Å². The molecule has 17 heavy (non-hydrogen) atoms. The van der Waals surface area contributed by atoms with Crippen LogP contribution >= 0.6 is 15.9 Å². The van der Waals surface area contributed by atoms with E-state index in [2.05, 4.69) is 32.8 Å². The van der Waals surface area contributed by atoms with E-state index in [9.17, 15) is 0 Å². The summed E-state index contributed by atoms with van der Waals surface area (Å²) in [6.07, 6.45) is 1.05. The van der Waals surface area contributed by atoms with Gasteiger partial charge in [-0.05, 0) is 20.3 Å². The highest BCUT2D eigenvalue weighted by Crippen LogP contribution is 2.15. The van der Waals surface area contributed by atoms with Crippen molar-refractivity contribution in [2.24, 2.45) is 0 Å². The average Bonchev–Trinajstić information content (AvgIpc) is 2.25. The molecular weight excluding hydrogens is 282 g/mol. The Kier molecular flexibility index (Phi) is 5.68. The second kappa shape index (κ2) is 6.79. The van der Waals surface area contributed by atoms with Crippen LogP contribution in [0.5, 0.6) is 5.88 Å². The highest BCUT2D eigenvalue weighted by Gasteiger charge is 2.08. The summed E-state index contributed by atoms with van der Waals surface area (Å²) in [4.78, 5) is 11.3. The molecule has 0 radical (unpaired) electrons. The van der Waals surface area contributed by atoms with Crippen molar-refractivity contribution in [1.29, 1.82) is 0 Å². The molecule has 1 heterocycles. The number of rotatable bonds is 6. The van der Waals surface area contributed by atoms with E-state index in [-0.39, 0.29) is 0 Å². The Morgan fingerprint density at radius 3 is 2.76 bits per heavy atom. The van der Waals surface area contributed by atoms with Crippen molar-refractivity contribution >= 4 is 21.9 Å². The number of anilines is 1. The summed E-state index contributed by atoms with van der Waals surface area (Å²) in [6, 6.07) is 1.86. The standard InChI is InChI=1S/C12H20BrN3O/c1-5-17-11-8-10(3)14-12(15-11)16(4)7-6-9(2)13/h8-9H,5-7H2,1-4H3. The first-order valence-corrected chi connectivity index (χ1v) is 6.78. The van der Waals surface area contributed by atoms with Crippen LogP contribution in [0.15, 0.2) is 6.07 Å². The third-order valence-electron chi connectivity index (χ3n) is 2.31. The monoisotopic (exact) mass is 301 g/mol. The van der Waals surface area contributed by atoms with Crippen molar-refractivity contribution in [3.05, 3.63) is 11.8 Å². The summed E-state index contributed by atoms with van der Waals surface area (Å²) in [5, 5.41) is 0. The zero-order valence-corrected chi connectivity index (χ0v) is 12.5. The Morgan fingerprint density at radius 2 is 2.18 bits per heavy atom.